The van der Waals surface area contributed by atoms with E-state index in [0.29, 0.717) is 24.6 Å². The Kier molecular flexibility index (Phi) is 4.43. The molecule has 1 aromatic heterocycles. The van der Waals surface area contributed by atoms with Crippen LogP contribution in [0.25, 0.3) is 0 Å². The predicted molar refractivity (Wildman–Crippen MR) is 98.6 cm³/mol. The Labute approximate surface area is 156 Å². The Morgan fingerprint density at radius 3 is 2.74 bits per heavy atom. The van der Waals surface area contributed by atoms with Crippen LogP contribution in [0.5, 0.6) is 17.4 Å². The summed E-state index contributed by atoms with van der Waals surface area (Å²) < 4.78 is 12.2. The van der Waals surface area contributed by atoms with Gasteiger partial charge in [-0.15, -0.1) is 0 Å². The summed E-state index contributed by atoms with van der Waals surface area (Å²) in [4.78, 5) is 29.2. The fraction of sp³-hybridized carbons (Fsp3) is 0.474. The number of hydrogen-bond donors (Lipinski definition) is 2. The first kappa shape index (κ1) is 17.7. The summed E-state index contributed by atoms with van der Waals surface area (Å²) in [7, 11) is 1.90. The lowest BCUT2D eigenvalue weighted by atomic mass is 9.88. The van der Waals surface area contributed by atoms with E-state index in [9.17, 15) is 14.7 Å². The number of likely N-dealkylation sites (N-methyl/N-ethyl adjacent to an activating group) is 1. The van der Waals surface area contributed by atoms with Crippen LogP contribution in [0.2, 0.25) is 0 Å². The molecular weight excluding hydrogens is 350 g/mol. The number of rotatable bonds is 4. The van der Waals surface area contributed by atoms with Crippen molar-refractivity contribution in [2.45, 2.75) is 38.8 Å². The maximum absolute atomic E-state index is 12.7. The summed E-state index contributed by atoms with van der Waals surface area (Å²) in [5.74, 6) is 1.06. The normalized spacial score (nSPS) is 18.5. The van der Waals surface area contributed by atoms with Crippen molar-refractivity contribution >= 4 is 0 Å². The molecule has 0 amide bonds. The van der Waals surface area contributed by atoms with Crippen molar-refractivity contribution < 1.29 is 14.6 Å². The van der Waals surface area contributed by atoms with Crippen molar-refractivity contribution in [1.29, 1.82) is 0 Å². The summed E-state index contributed by atoms with van der Waals surface area (Å²) in [5.41, 5.74) is 0.974. The third-order valence-electron chi connectivity index (χ3n) is 5.32. The van der Waals surface area contributed by atoms with E-state index in [-0.39, 0.29) is 18.2 Å². The summed E-state index contributed by atoms with van der Waals surface area (Å²) in [6, 6.07) is 3.34. The average Bonchev–Trinajstić information content (AvgIpc) is 3.09. The minimum absolute atomic E-state index is 0.173. The van der Waals surface area contributed by atoms with Gasteiger partial charge in [-0.1, -0.05) is 13.3 Å². The number of aromatic amines is 1. The van der Waals surface area contributed by atoms with Crippen LogP contribution in [-0.2, 0) is 13.0 Å². The van der Waals surface area contributed by atoms with Gasteiger partial charge in [-0.3, -0.25) is 19.2 Å². The van der Waals surface area contributed by atoms with Crippen molar-refractivity contribution in [2.24, 2.45) is 0 Å². The first-order chi connectivity index (χ1) is 13.0. The topological polar surface area (TPSA) is 96.8 Å². The smallest absolute Gasteiger partial charge is 0.331 e. The van der Waals surface area contributed by atoms with Gasteiger partial charge in [0.05, 0.1) is 11.6 Å². The zero-order valence-corrected chi connectivity index (χ0v) is 15.4. The minimum Gasteiger partial charge on any atom is -0.494 e. The van der Waals surface area contributed by atoms with E-state index in [2.05, 4.69) is 4.98 Å². The highest BCUT2D eigenvalue weighted by Gasteiger charge is 2.34. The van der Waals surface area contributed by atoms with Crippen LogP contribution in [0.15, 0.2) is 21.7 Å². The first-order valence-corrected chi connectivity index (χ1v) is 9.20. The quantitative estimate of drug-likeness (QED) is 0.840. The summed E-state index contributed by atoms with van der Waals surface area (Å²) in [5, 5.41) is 10.8. The lowest BCUT2D eigenvalue weighted by Crippen LogP contribution is -2.40. The SMILES string of the molecule is CCCCn1c(O)c(C2c3cc4c(cc3CCN2C)OCO4)c(=O)[nH]c1=O. The molecule has 8 heteroatoms. The zero-order chi connectivity index (χ0) is 19.1. The van der Waals surface area contributed by atoms with Gasteiger partial charge in [0.2, 0.25) is 12.7 Å². The Morgan fingerprint density at radius 1 is 1.26 bits per heavy atom. The van der Waals surface area contributed by atoms with Gasteiger partial charge in [0.15, 0.2) is 11.5 Å². The molecule has 2 aliphatic heterocycles. The highest BCUT2D eigenvalue weighted by molar-refractivity contribution is 5.53. The van der Waals surface area contributed by atoms with Crippen molar-refractivity contribution in [2.75, 3.05) is 20.4 Å². The van der Waals surface area contributed by atoms with Crippen molar-refractivity contribution in [1.82, 2.24) is 14.5 Å². The Bertz CT molecular complexity index is 994. The number of aromatic nitrogens is 2. The molecule has 2 aromatic rings. The molecule has 1 unspecified atom stereocenters. The number of unbranched alkanes of at least 4 members (excludes halogenated alkanes) is 1. The molecule has 27 heavy (non-hydrogen) atoms. The van der Waals surface area contributed by atoms with Crippen LogP contribution in [0, 0.1) is 0 Å². The standard InChI is InChI=1S/C19H23N3O5/c1-3-4-6-22-18(24)15(17(23)20-19(22)25)16-12-9-14-13(26-10-27-14)8-11(12)5-7-21(16)2/h8-9,16,24H,3-7,10H2,1-2H3,(H,20,23,25). The first-order valence-electron chi connectivity index (χ1n) is 9.20. The molecule has 1 atom stereocenters. The molecule has 0 radical (unpaired) electrons. The molecule has 2 N–H and O–H groups in total. The van der Waals surface area contributed by atoms with Gasteiger partial charge in [0.25, 0.3) is 5.56 Å². The number of aromatic hydroxyl groups is 1. The maximum atomic E-state index is 12.7. The summed E-state index contributed by atoms with van der Waals surface area (Å²) in [6.45, 7) is 3.24. The van der Waals surface area contributed by atoms with Crippen molar-refractivity contribution in [3.05, 3.63) is 49.7 Å². The second-order valence-corrected chi connectivity index (χ2v) is 7.04. The maximum Gasteiger partial charge on any atom is 0.331 e. The van der Waals surface area contributed by atoms with Crippen LogP contribution in [0.4, 0.5) is 0 Å². The molecule has 1 aromatic carbocycles. The number of ether oxygens (including phenoxy) is 2. The van der Waals surface area contributed by atoms with Gasteiger partial charge in [-0.25, -0.2) is 4.79 Å². The van der Waals surface area contributed by atoms with E-state index < -0.39 is 17.3 Å². The van der Waals surface area contributed by atoms with Gasteiger partial charge < -0.3 is 14.6 Å². The van der Waals surface area contributed by atoms with Crippen LogP contribution >= 0.6 is 0 Å². The highest BCUT2D eigenvalue weighted by atomic mass is 16.7. The van der Waals surface area contributed by atoms with Crippen molar-refractivity contribution in [3.63, 3.8) is 0 Å². The molecule has 0 aliphatic carbocycles. The zero-order valence-electron chi connectivity index (χ0n) is 15.4. The lowest BCUT2D eigenvalue weighted by molar-refractivity contribution is 0.174. The minimum atomic E-state index is -0.584. The third kappa shape index (κ3) is 2.90. The number of nitrogens with one attached hydrogen (secondary N) is 1. The lowest BCUT2D eigenvalue weighted by Gasteiger charge is -2.34. The average molecular weight is 373 g/mol. The monoisotopic (exact) mass is 373 g/mol. The van der Waals surface area contributed by atoms with Gasteiger partial charge >= 0.3 is 5.69 Å². The van der Waals surface area contributed by atoms with Gasteiger partial charge in [-0.2, -0.15) is 0 Å². The number of hydrogen-bond acceptors (Lipinski definition) is 6. The predicted octanol–water partition coefficient (Wildman–Crippen LogP) is 1.35. The molecular formula is C19H23N3O5. The van der Waals surface area contributed by atoms with E-state index in [4.69, 9.17) is 9.47 Å². The van der Waals surface area contributed by atoms with Crippen LogP contribution in [0.3, 0.4) is 0 Å². The highest BCUT2D eigenvalue weighted by Crippen LogP contribution is 2.42. The van der Waals surface area contributed by atoms with Gasteiger partial charge in [0, 0.05) is 13.1 Å². The molecule has 0 saturated heterocycles. The number of benzene rings is 1. The van der Waals surface area contributed by atoms with Crippen LogP contribution < -0.4 is 20.7 Å². The molecule has 8 nitrogen and oxygen atoms in total. The van der Waals surface area contributed by atoms with E-state index >= 15 is 0 Å². The Balaban J connectivity index is 1.89. The Morgan fingerprint density at radius 2 is 2.00 bits per heavy atom. The number of nitrogens with zero attached hydrogens (tertiary/aromatic N) is 2. The molecule has 4 rings (SSSR count). The van der Waals surface area contributed by atoms with Gasteiger partial charge in [0.1, 0.15) is 0 Å². The van der Waals surface area contributed by atoms with E-state index in [1.165, 1.54) is 4.57 Å². The van der Waals surface area contributed by atoms with Gasteiger partial charge in [-0.05, 0) is 43.1 Å². The van der Waals surface area contributed by atoms with Crippen LogP contribution in [-0.4, -0.2) is 39.9 Å². The second-order valence-electron chi connectivity index (χ2n) is 7.04. The molecule has 0 saturated carbocycles. The molecule has 0 fully saturated rings. The molecule has 0 spiro atoms. The fourth-order valence-corrected chi connectivity index (χ4v) is 3.86. The summed E-state index contributed by atoms with van der Waals surface area (Å²) >= 11 is 0. The van der Waals surface area contributed by atoms with E-state index in [1.54, 1.807) is 0 Å². The summed E-state index contributed by atoms with van der Waals surface area (Å²) in [6.07, 6.45) is 2.40. The van der Waals surface area contributed by atoms with Crippen molar-refractivity contribution in [3.8, 4) is 17.4 Å². The number of fused-ring (bicyclic) bond motifs is 2. The fourth-order valence-electron chi connectivity index (χ4n) is 3.86. The second kappa shape index (κ2) is 6.77. The Hall–Kier alpha value is -2.74. The van der Waals surface area contributed by atoms with Crippen LogP contribution in [0.1, 0.15) is 42.5 Å². The molecule has 2 aliphatic rings. The largest absolute Gasteiger partial charge is 0.494 e. The van der Waals surface area contributed by atoms with E-state index in [1.807, 2.05) is 31.0 Å². The van der Waals surface area contributed by atoms with E-state index in [0.717, 1.165) is 30.4 Å². The third-order valence-corrected chi connectivity index (χ3v) is 5.32. The molecule has 0 bridgehead atoms. The molecule has 144 valence electrons. The number of H-pyrrole nitrogens is 1. The molecule has 3 heterocycles.